The Bertz CT molecular complexity index is 860. The molecule has 6 heteroatoms. The lowest BCUT2D eigenvalue weighted by Crippen LogP contribution is -2.24. The number of para-hydroxylation sites is 1. The molecule has 3 rings (SSSR count). The molecule has 2 heterocycles. The first-order chi connectivity index (χ1) is 12.1. The summed E-state index contributed by atoms with van der Waals surface area (Å²) in [6.07, 6.45) is 4.96. The Labute approximate surface area is 146 Å². The highest BCUT2D eigenvalue weighted by Gasteiger charge is 2.10. The number of rotatable bonds is 5. The molecule has 0 radical (unpaired) electrons. The molecule has 6 nitrogen and oxygen atoms in total. The van der Waals surface area contributed by atoms with Crippen LogP contribution in [0.25, 0.3) is 0 Å². The van der Waals surface area contributed by atoms with Gasteiger partial charge in [-0.05, 0) is 48.7 Å². The summed E-state index contributed by atoms with van der Waals surface area (Å²) < 4.78 is 0. The van der Waals surface area contributed by atoms with E-state index in [1.165, 1.54) is 0 Å². The highest BCUT2D eigenvalue weighted by Crippen LogP contribution is 2.22. The van der Waals surface area contributed by atoms with Gasteiger partial charge >= 0.3 is 0 Å². The zero-order chi connectivity index (χ0) is 17.6. The molecule has 126 valence electrons. The van der Waals surface area contributed by atoms with Crippen molar-refractivity contribution in [2.75, 3.05) is 5.32 Å². The Hall–Kier alpha value is -3.28. The number of hydrogen-bond acceptors (Lipinski definition) is 5. The molecule has 0 aliphatic carbocycles. The first-order valence-corrected chi connectivity index (χ1v) is 7.97. The molecule has 0 aliphatic heterocycles. The lowest BCUT2D eigenvalue weighted by Gasteiger charge is -2.11. The summed E-state index contributed by atoms with van der Waals surface area (Å²) in [5.41, 5.74) is 4.44. The molecule has 0 atom stereocenters. The summed E-state index contributed by atoms with van der Waals surface area (Å²) in [6.45, 7) is 4.45. The van der Waals surface area contributed by atoms with Crippen molar-refractivity contribution >= 4 is 17.5 Å². The minimum atomic E-state index is -0.247. The predicted octanol–water partition coefficient (Wildman–Crippen LogP) is 3.16. The Morgan fingerprint density at radius 2 is 1.72 bits per heavy atom. The summed E-state index contributed by atoms with van der Waals surface area (Å²) in [5, 5.41) is 6.04. The van der Waals surface area contributed by atoms with Gasteiger partial charge in [0.15, 0.2) is 0 Å². The van der Waals surface area contributed by atoms with Gasteiger partial charge in [0.25, 0.3) is 5.91 Å². The van der Waals surface area contributed by atoms with E-state index in [0.717, 1.165) is 22.4 Å². The lowest BCUT2D eigenvalue weighted by molar-refractivity contribution is 0.0946. The first-order valence-electron chi connectivity index (χ1n) is 7.97. The van der Waals surface area contributed by atoms with Crippen LogP contribution in [0.3, 0.4) is 0 Å². The van der Waals surface area contributed by atoms with E-state index >= 15 is 0 Å². The fraction of sp³-hybridized carbons (Fsp3) is 0.158. The number of amides is 1. The second-order valence-electron chi connectivity index (χ2n) is 5.70. The van der Waals surface area contributed by atoms with Gasteiger partial charge in [-0.15, -0.1) is 0 Å². The molecule has 1 aromatic carbocycles. The van der Waals surface area contributed by atoms with Gasteiger partial charge in [-0.3, -0.25) is 9.78 Å². The smallest absolute Gasteiger partial charge is 0.270 e. The van der Waals surface area contributed by atoms with E-state index in [1.54, 1.807) is 24.7 Å². The SMILES string of the molecule is Cc1cccc(C)c1Nc1nccc(C(=O)NCc2ccncc2)n1. The molecule has 0 saturated carbocycles. The zero-order valence-corrected chi connectivity index (χ0v) is 14.2. The van der Waals surface area contributed by atoms with Crippen LogP contribution in [0.15, 0.2) is 55.0 Å². The minimum absolute atomic E-state index is 0.247. The number of pyridine rings is 1. The number of aromatic nitrogens is 3. The summed E-state index contributed by atoms with van der Waals surface area (Å²) in [7, 11) is 0. The molecule has 0 unspecified atom stereocenters. The summed E-state index contributed by atoms with van der Waals surface area (Å²) >= 11 is 0. The van der Waals surface area contributed by atoms with Crippen LogP contribution in [-0.4, -0.2) is 20.9 Å². The molecule has 0 bridgehead atoms. The van der Waals surface area contributed by atoms with Crippen LogP contribution >= 0.6 is 0 Å². The number of hydrogen-bond donors (Lipinski definition) is 2. The number of carbonyl (C=O) groups is 1. The van der Waals surface area contributed by atoms with E-state index in [2.05, 4.69) is 25.6 Å². The van der Waals surface area contributed by atoms with Crippen molar-refractivity contribution in [3.05, 3.63) is 77.4 Å². The number of benzene rings is 1. The second kappa shape index (κ2) is 7.53. The standard InChI is InChI=1S/C19H19N5O/c1-13-4-3-5-14(2)17(13)24-19-21-11-8-16(23-19)18(25)22-12-15-6-9-20-10-7-15/h3-11H,12H2,1-2H3,(H,22,25)(H,21,23,24). The van der Waals surface area contributed by atoms with Crippen LogP contribution in [-0.2, 0) is 6.54 Å². The maximum absolute atomic E-state index is 12.3. The lowest BCUT2D eigenvalue weighted by atomic mass is 10.1. The highest BCUT2D eigenvalue weighted by atomic mass is 16.1. The zero-order valence-electron chi connectivity index (χ0n) is 14.2. The van der Waals surface area contributed by atoms with E-state index in [9.17, 15) is 4.79 Å². The van der Waals surface area contributed by atoms with E-state index in [0.29, 0.717) is 18.2 Å². The molecule has 2 N–H and O–H groups in total. The Morgan fingerprint density at radius 3 is 2.44 bits per heavy atom. The number of nitrogens with one attached hydrogen (secondary N) is 2. The third kappa shape index (κ3) is 4.17. The van der Waals surface area contributed by atoms with Gasteiger partial charge in [0.1, 0.15) is 5.69 Å². The van der Waals surface area contributed by atoms with Gasteiger partial charge in [-0.25, -0.2) is 9.97 Å². The van der Waals surface area contributed by atoms with Gasteiger partial charge in [-0.2, -0.15) is 0 Å². The van der Waals surface area contributed by atoms with Crippen LogP contribution in [0.5, 0.6) is 0 Å². The van der Waals surface area contributed by atoms with E-state index < -0.39 is 0 Å². The van der Waals surface area contributed by atoms with Crippen molar-refractivity contribution < 1.29 is 4.79 Å². The van der Waals surface area contributed by atoms with Crippen molar-refractivity contribution in [2.24, 2.45) is 0 Å². The number of aryl methyl sites for hydroxylation is 2. The first kappa shape index (κ1) is 16.6. The molecule has 0 saturated heterocycles. The molecule has 1 amide bonds. The summed E-state index contributed by atoms with van der Waals surface area (Å²) in [6, 6.07) is 11.3. The quantitative estimate of drug-likeness (QED) is 0.750. The fourth-order valence-electron chi connectivity index (χ4n) is 2.44. The number of carbonyl (C=O) groups excluding carboxylic acids is 1. The maximum Gasteiger partial charge on any atom is 0.270 e. The van der Waals surface area contributed by atoms with E-state index in [-0.39, 0.29) is 5.91 Å². The molecule has 0 fully saturated rings. The van der Waals surface area contributed by atoms with Gasteiger partial charge < -0.3 is 10.6 Å². The molecule has 0 spiro atoms. The van der Waals surface area contributed by atoms with Crippen molar-refractivity contribution in [1.29, 1.82) is 0 Å². The third-order valence-corrected chi connectivity index (χ3v) is 3.81. The van der Waals surface area contributed by atoms with Crippen LogP contribution < -0.4 is 10.6 Å². The fourth-order valence-corrected chi connectivity index (χ4v) is 2.44. The van der Waals surface area contributed by atoms with Gasteiger partial charge in [0, 0.05) is 30.8 Å². The molecule has 3 aromatic rings. The minimum Gasteiger partial charge on any atom is -0.347 e. The Balaban J connectivity index is 1.72. The van der Waals surface area contributed by atoms with Crippen LogP contribution in [0.1, 0.15) is 27.2 Å². The second-order valence-corrected chi connectivity index (χ2v) is 5.70. The molecule has 0 aliphatic rings. The predicted molar refractivity (Wildman–Crippen MR) is 96.6 cm³/mol. The van der Waals surface area contributed by atoms with Gasteiger partial charge in [0.05, 0.1) is 0 Å². The molecule has 25 heavy (non-hydrogen) atoms. The van der Waals surface area contributed by atoms with E-state index in [4.69, 9.17) is 0 Å². The summed E-state index contributed by atoms with van der Waals surface area (Å²) in [5.74, 6) is 0.151. The van der Waals surface area contributed by atoms with Crippen molar-refractivity contribution in [2.45, 2.75) is 20.4 Å². The van der Waals surface area contributed by atoms with Crippen LogP contribution in [0.2, 0.25) is 0 Å². The van der Waals surface area contributed by atoms with Crippen molar-refractivity contribution in [3.63, 3.8) is 0 Å². The molecule has 2 aromatic heterocycles. The molecular weight excluding hydrogens is 314 g/mol. The van der Waals surface area contributed by atoms with Crippen LogP contribution in [0, 0.1) is 13.8 Å². The highest BCUT2D eigenvalue weighted by molar-refractivity contribution is 5.92. The largest absolute Gasteiger partial charge is 0.347 e. The average molecular weight is 333 g/mol. The number of anilines is 2. The summed E-state index contributed by atoms with van der Waals surface area (Å²) in [4.78, 5) is 24.8. The topological polar surface area (TPSA) is 79.8 Å². The third-order valence-electron chi connectivity index (χ3n) is 3.81. The Morgan fingerprint density at radius 1 is 1.00 bits per heavy atom. The van der Waals surface area contributed by atoms with Crippen molar-refractivity contribution in [1.82, 2.24) is 20.3 Å². The van der Waals surface area contributed by atoms with Gasteiger partial charge in [0.2, 0.25) is 5.95 Å². The number of nitrogens with zero attached hydrogens (tertiary/aromatic N) is 3. The van der Waals surface area contributed by atoms with E-state index in [1.807, 2.05) is 44.2 Å². The van der Waals surface area contributed by atoms with Crippen molar-refractivity contribution in [3.8, 4) is 0 Å². The normalized spacial score (nSPS) is 10.3. The maximum atomic E-state index is 12.3. The average Bonchev–Trinajstić information content (AvgIpc) is 2.64. The monoisotopic (exact) mass is 333 g/mol. The molecular formula is C19H19N5O. The van der Waals surface area contributed by atoms with Crippen LogP contribution in [0.4, 0.5) is 11.6 Å². The Kier molecular flexibility index (Phi) is 4.99. The van der Waals surface area contributed by atoms with Gasteiger partial charge in [-0.1, -0.05) is 18.2 Å².